The van der Waals surface area contributed by atoms with E-state index in [4.69, 9.17) is 9.97 Å². The fraction of sp³-hybridized carbons (Fsp3) is 0. The van der Waals surface area contributed by atoms with Gasteiger partial charge in [0.05, 0.1) is 16.7 Å². The molecule has 47 heavy (non-hydrogen) atoms. The Morgan fingerprint density at radius 3 is 1.53 bits per heavy atom. The molecule has 7 aromatic carbocycles. The van der Waals surface area contributed by atoms with E-state index in [2.05, 4.69) is 162 Å². The molecule has 0 fully saturated rings. The fourth-order valence-electron chi connectivity index (χ4n) is 6.69. The summed E-state index contributed by atoms with van der Waals surface area (Å²) in [5, 5.41) is 4.83. The SMILES string of the molecule is c1ccc(-c2cc(-c3ccccc3)cc(-c3cc(-n4c5ccccc5c5cc6ccccc6cc54)nc(-c4ccccc4)n3)c2)cc1. The molecular formula is C44H29N3. The van der Waals surface area contributed by atoms with Crippen molar-refractivity contribution in [2.24, 2.45) is 0 Å². The number of hydrogen-bond acceptors (Lipinski definition) is 2. The summed E-state index contributed by atoms with van der Waals surface area (Å²) < 4.78 is 2.30. The Bertz CT molecular complexity index is 2490. The quantitative estimate of drug-likeness (QED) is 0.197. The maximum Gasteiger partial charge on any atom is 0.162 e. The highest BCUT2D eigenvalue weighted by molar-refractivity contribution is 6.13. The van der Waals surface area contributed by atoms with Crippen LogP contribution in [0.1, 0.15) is 0 Å². The Balaban J connectivity index is 1.34. The second kappa shape index (κ2) is 11.2. The van der Waals surface area contributed by atoms with Crippen molar-refractivity contribution in [2.75, 3.05) is 0 Å². The molecule has 2 aromatic heterocycles. The topological polar surface area (TPSA) is 30.7 Å². The summed E-state index contributed by atoms with van der Waals surface area (Å²) in [6.07, 6.45) is 0. The van der Waals surface area contributed by atoms with Crippen molar-refractivity contribution >= 4 is 32.6 Å². The summed E-state index contributed by atoms with van der Waals surface area (Å²) >= 11 is 0. The zero-order valence-electron chi connectivity index (χ0n) is 25.6. The minimum atomic E-state index is 0.691. The minimum Gasteiger partial charge on any atom is -0.294 e. The number of benzene rings is 7. The molecule has 3 heteroatoms. The Labute approximate surface area is 273 Å². The van der Waals surface area contributed by atoms with Gasteiger partial charge in [-0.2, -0.15) is 0 Å². The summed E-state index contributed by atoms with van der Waals surface area (Å²) in [6.45, 7) is 0. The Kier molecular flexibility index (Phi) is 6.46. The lowest BCUT2D eigenvalue weighted by atomic mass is 9.95. The molecule has 0 bridgehead atoms. The Morgan fingerprint density at radius 1 is 0.340 bits per heavy atom. The van der Waals surface area contributed by atoms with Crippen LogP contribution in [0.3, 0.4) is 0 Å². The average Bonchev–Trinajstić information content (AvgIpc) is 3.47. The number of para-hydroxylation sites is 1. The van der Waals surface area contributed by atoms with Crippen LogP contribution in [0.4, 0.5) is 0 Å². The second-order valence-electron chi connectivity index (χ2n) is 11.9. The maximum absolute atomic E-state index is 5.26. The van der Waals surface area contributed by atoms with E-state index in [0.29, 0.717) is 5.82 Å². The van der Waals surface area contributed by atoms with E-state index in [1.807, 2.05) is 18.2 Å². The standard InChI is InChI=1S/C44H29N3/c1-4-14-30(15-5-1)35-24-36(31-16-6-2-7-17-31)26-37(25-35)40-29-43(46-44(45-40)32-18-8-3-9-19-32)47-41-23-13-12-22-38(41)39-27-33-20-10-11-21-34(33)28-42(39)47/h1-29H. The highest BCUT2D eigenvalue weighted by atomic mass is 15.1. The molecule has 3 nitrogen and oxygen atoms in total. The van der Waals surface area contributed by atoms with Gasteiger partial charge in [0.25, 0.3) is 0 Å². The third-order valence-electron chi connectivity index (χ3n) is 8.96. The largest absolute Gasteiger partial charge is 0.294 e. The normalized spacial score (nSPS) is 11.4. The molecular weight excluding hydrogens is 571 g/mol. The van der Waals surface area contributed by atoms with Gasteiger partial charge >= 0.3 is 0 Å². The molecule has 0 aliphatic rings. The van der Waals surface area contributed by atoms with Crippen molar-refractivity contribution in [2.45, 2.75) is 0 Å². The lowest BCUT2D eigenvalue weighted by molar-refractivity contribution is 1.05. The molecule has 0 unspecified atom stereocenters. The third-order valence-corrected chi connectivity index (χ3v) is 8.96. The molecule has 0 aliphatic carbocycles. The Morgan fingerprint density at radius 2 is 0.872 bits per heavy atom. The highest BCUT2D eigenvalue weighted by Crippen LogP contribution is 2.37. The van der Waals surface area contributed by atoms with Crippen LogP contribution < -0.4 is 0 Å². The molecule has 0 radical (unpaired) electrons. The van der Waals surface area contributed by atoms with Gasteiger partial charge in [0, 0.05) is 28.0 Å². The smallest absolute Gasteiger partial charge is 0.162 e. The summed E-state index contributed by atoms with van der Waals surface area (Å²) in [4.78, 5) is 10.5. The van der Waals surface area contributed by atoms with E-state index in [1.54, 1.807) is 0 Å². The van der Waals surface area contributed by atoms with Crippen LogP contribution in [0.15, 0.2) is 176 Å². The number of nitrogens with zero attached hydrogens (tertiary/aromatic N) is 3. The van der Waals surface area contributed by atoms with Gasteiger partial charge in [-0.1, -0.05) is 133 Å². The van der Waals surface area contributed by atoms with Crippen LogP contribution in [0.25, 0.3) is 83.3 Å². The van der Waals surface area contributed by atoms with Gasteiger partial charge in [0.1, 0.15) is 5.82 Å². The van der Waals surface area contributed by atoms with E-state index in [-0.39, 0.29) is 0 Å². The van der Waals surface area contributed by atoms with Gasteiger partial charge in [0.2, 0.25) is 0 Å². The van der Waals surface area contributed by atoms with E-state index in [1.165, 1.54) is 32.7 Å². The number of rotatable bonds is 5. The molecule has 0 saturated carbocycles. The lowest BCUT2D eigenvalue weighted by Gasteiger charge is -2.14. The van der Waals surface area contributed by atoms with Gasteiger partial charge in [-0.05, 0) is 69.4 Å². The first-order chi connectivity index (χ1) is 23.3. The van der Waals surface area contributed by atoms with Crippen molar-refractivity contribution in [3.8, 4) is 50.7 Å². The molecule has 9 rings (SSSR count). The zero-order chi connectivity index (χ0) is 31.2. The van der Waals surface area contributed by atoms with E-state index >= 15 is 0 Å². The average molecular weight is 600 g/mol. The van der Waals surface area contributed by atoms with E-state index < -0.39 is 0 Å². The van der Waals surface area contributed by atoms with Gasteiger partial charge in [0.15, 0.2) is 5.82 Å². The molecule has 9 aromatic rings. The number of hydrogen-bond donors (Lipinski definition) is 0. The Hall–Kier alpha value is -6.32. The maximum atomic E-state index is 5.26. The van der Waals surface area contributed by atoms with Crippen LogP contribution in [0, 0.1) is 0 Å². The summed E-state index contributed by atoms with van der Waals surface area (Å²) in [7, 11) is 0. The molecule has 0 spiro atoms. The minimum absolute atomic E-state index is 0.691. The number of aromatic nitrogens is 3. The van der Waals surface area contributed by atoms with Crippen LogP contribution in [0.2, 0.25) is 0 Å². The molecule has 0 atom stereocenters. The first-order valence-corrected chi connectivity index (χ1v) is 15.9. The fourth-order valence-corrected chi connectivity index (χ4v) is 6.69. The van der Waals surface area contributed by atoms with Gasteiger partial charge in [-0.15, -0.1) is 0 Å². The summed E-state index contributed by atoms with van der Waals surface area (Å²) in [5.41, 5.74) is 9.74. The van der Waals surface area contributed by atoms with Crippen molar-refractivity contribution in [1.29, 1.82) is 0 Å². The van der Waals surface area contributed by atoms with E-state index in [9.17, 15) is 0 Å². The van der Waals surface area contributed by atoms with Gasteiger partial charge < -0.3 is 0 Å². The monoisotopic (exact) mass is 599 g/mol. The highest BCUT2D eigenvalue weighted by Gasteiger charge is 2.18. The van der Waals surface area contributed by atoms with Crippen LogP contribution >= 0.6 is 0 Å². The van der Waals surface area contributed by atoms with Crippen molar-refractivity contribution in [3.05, 3.63) is 176 Å². The van der Waals surface area contributed by atoms with Crippen molar-refractivity contribution in [1.82, 2.24) is 14.5 Å². The van der Waals surface area contributed by atoms with Crippen molar-refractivity contribution in [3.63, 3.8) is 0 Å². The summed E-state index contributed by atoms with van der Waals surface area (Å²) in [5.74, 6) is 1.53. The predicted octanol–water partition coefficient (Wildman–Crippen LogP) is 11.4. The molecule has 0 saturated heterocycles. The van der Waals surface area contributed by atoms with Crippen LogP contribution in [-0.4, -0.2) is 14.5 Å². The molecule has 0 aliphatic heterocycles. The second-order valence-corrected chi connectivity index (χ2v) is 11.9. The summed E-state index contributed by atoms with van der Waals surface area (Å²) in [6, 6.07) is 62.1. The van der Waals surface area contributed by atoms with Crippen molar-refractivity contribution < 1.29 is 0 Å². The van der Waals surface area contributed by atoms with Crippen LogP contribution in [-0.2, 0) is 0 Å². The van der Waals surface area contributed by atoms with Crippen LogP contribution in [0.5, 0.6) is 0 Å². The van der Waals surface area contributed by atoms with Gasteiger partial charge in [-0.25, -0.2) is 9.97 Å². The van der Waals surface area contributed by atoms with E-state index in [0.717, 1.165) is 44.8 Å². The molecule has 2 heterocycles. The first-order valence-electron chi connectivity index (χ1n) is 15.9. The molecule has 0 N–H and O–H groups in total. The van der Waals surface area contributed by atoms with Gasteiger partial charge in [-0.3, -0.25) is 4.57 Å². The zero-order valence-corrected chi connectivity index (χ0v) is 25.6. The predicted molar refractivity (Wildman–Crippen MR) is 196 cm³/mol. The first kappa shape index (κ1) is 27.0. The molecule has 220 valence electrons. The molecule has 0 amide bonds. The lowest BCUT2D eigenvalue weighted by Crippen LogP contribution is -2.02. The third kappa shape index (κ3) is 4.86. The number of fused-ring (bicyclic) bond motifs is 4.